The Hall–Kier alpha value is -2.76. The fraction of sp³-hybridized carbons (Fsp3) is 0.150. The van der Waals surface area contributed by atoms with Crippen LogP contribution in [0.1, 0.15) is 16.4 Å². The number of non-ortho nitro benzene ring substituents is 1. The van der Waals surface area contributed by atoms with Crippen LogP contribution >= 0.6 is 39.0 Å². The lowest BCUT2D eigenvalue weighted by atomic mass is 9.83. The fourth-order valence-electron chi connectivity index (χ4n) is 4.05. The van der Waals surface area contributed by atoms with Gasteiger partial charge in [-0.15, -0.1) is 0 Å². The lowest BCUT2D eigenvalue weighted by Gasteiger charge is -2.29. The number of nitro benzene ring substituents is 1. The van der Waals surface area contributed by atoms with Crippen LogP contribution in [0.15, 0.2) is 62.8 Å². The van der Waals surface area contributed by atoms with Crippen molar-refractivity contribution in [1.29, 1.82) is 0 Å². The SMILES string of the molecule is O=C1[C@@H]2[C@@H](c3cccc([N+](=O)[O-])c3)c3sc(=O)[nH]c3S[C@@H]2C(=O)N1c1ccc(Br)cc1. The number of carbonyl (C=O) groups excluding carboxylic acids is 2. The first-order chi connectivity index (χ1) is 14.8. The first-order valence-corrected chi connectivity index (χ1v) is 11.6. The summed E-state index contributed by atoms with van der Waals surface area (Å²) in [6.45, 7) is 0. The lowest BCUT2D eigenvalue weighted by molar-refractivity contribution is -0.384. The van der Waals surface area contributed by atoms with E-state index in [1.165, 1.54) is 28.8 Å². The lowest BCUT2D eigenvalue weighted by Crippen LogP contribution is -2.32. The predicted molar refractivity (Wildman–Crippen MR) is 120 cm³/mol. The van der Waals surface area contributed by atoms with Gasteiger partial charge in [0, 0.05) is 27.4 Å². The minimum Gasteiger partial charge on any atom is -0.307 e. The van der Waals surface area contributed by atoms with Gasteiger partial charge in [-0.05, 0) is 29.8 Å². The minimum atomic E-state index is -0.776. The molecule has 2 amide bonds. The molecule has 1 N–H and O–H groups in total. The number of nitrogens with one attached hydrogen (secondary N) is 1. The summed E-state index contributed by atoms with van der Waals surface area (Å²) in [4.78, 5) is 53.9. The molecule has 0 saturated carbocycles. The number of halogens is 1. The molecule has 0 aliphatic carbocycles. The van der Waals surface area contributed by atoms with Crippen molar-refractivity contribution in [3.8, 4) is 0 Å². The van der Waals surface area contributed by atoms with Crippen LogP contribution < -0.4 is 9.77 Å². The average Bonchev–Trinajstić information content (AvgIpc) is 3.24. The van der Waals surface area contributed by atoms with Gasteiger partial charge in [-0.3, -0.25) is 24.5 Å². The molecule has 3 atom stereocenters. The van der Waals surface area contributed by atoms with Crippen molar-refractivity contribution < 1.29 is 14.5 Å². The molecule has 0 radical (unpaired) electrons. The van der Waals surface area contributed by atoms with Crippen LogP contribution in [0.4, 0.5) is 11.4 Å². The molecule has 3 heterocycles. The summed E-state index contributed by atoms with van der Waals surface area (Å²) in [5.41, 5.74) is 0.876. The number of carbonyl (C=O) groups is 2. The van der Waals surface area contributed by atoms with Gasteiger partial charge in [0.2, 0.25) is 11.8 Å². The summed E-state index contributed by atoms with van der Waals surface area (Å²) in [5.74, 6) is -2.16. The summed E-state index contributed by atoms with van der Waals surface area (Å²) in [6, 6.07) is 12.9. The number of hydrogen-bond donors (Lipinski definition) is 1. The van der Waals surface area contributed by atoms with Gasteiger partial charge in [0.25, 0.3) is 5.69 Å². The first kappa shape index (κ1) is 20.2. The zero-order valence-corrected chi connectivity index (χ0v) is 18.7. The van der Waals surface area contributed by atoms with Gasteiger partial charge in [0.05, 0.1) is 21.6 Å². The van der Waals surface area contributed by atoms with E-state index in [1.807, 2.05) is 0 Å². The largest absolute Gasteiger partial charge is 0.307 e. The second kappa shape index (κ2) is 7.43. The third-order valence-corrected chi connectivity index (χ3v) is 8.28. The monoisotopic (exact) mass is 517 g/mol. The summed E-state index contributed by atoms with van der Waals surface area (Å²) in [7, 11) is 0. The number of rotatable bonds is 3. The van der Waals surface area contributed by atoms with Gasteiger partial charge in [-0.25, -0.2) is 4.90 Å². The van der Waals surface area contributed by atoms with Gasteiger partial charge in [-0.2, -0.15) is 0 Å². The van der Waals surface area contributed by atoms with Crippen LogP contribution in [-0.4, -0.2) is 27.0 Å². The Kier molecular flexibility index (Phi) is 4.83. The van der Waals surface area contributed by atoms with Gasteiger partial charge in [-0.1, -0.05) is 51.2 Å². The van der Waals surface area contributed by atoms with Crippen LogP contribution in [0, 0.1) is 16.0 Å². The molecule has 1 aromatic heterocycles. The van der Waals surface area contributed by atoms with Crippen LogP contribution in [0.2, 0.25) is 0 Å². The number of benzene rings is 2. The number of amides is 2. The van der Waals surface area contributed by atoms with E-state index in [1.54, 1.807) is 36.4 Å². The zero-order chi connectivity index (χ0) is 21.9. The molecule has 1 fully saturated rings. The van der Waals surface area contributed by atoms with Crippen molar-refractivity contribution in [2.75, 3.05) is 4.90 Å². The highest BCUT2D eigenvalue weighted by molar-refractivity contribution is 9.10. The molecule has 1 saturated heterocycles. The minimum absolute atomic E-state index is 0.113. The highest BCUT2D eigenvalue weighted by Crippen LogP contribution is 2.53. The van der Waals surface area contributed by atoms with E-state index in [0.29, 0.717) is 21.2 Å². The highest BCUT2D eigenvalue weighted by atomic mass is 79.9. The fourth-order valence-corrected chi connectivity index (χ4v) is 6.83. The molecule has 5 rings (SSSR count). The van der Waals surface area contributed by atoms with Crippen molar-refractivity contribution in [2.24, 2.45) is 5.92 Å². The van der Waals surface area contributed by atoms with Gasteiger partial charge < -0.3 is 4.98 Å². The summed E-state index contributed by atoms with van der Waals surface area (Å²) < 4.78 is 0.816. The molecule has 0 unspecified atom stereocenters. The molecule has 8 nitrogen and oxygen atoms in total. The second-order valence-corrected chi connectivity index (χ2v) is 10.2. The van der Waals surface area contributed by atoms with Crippen molar-refractivity contribution in [2.45, 2.75) is 16.2 Å². The summed E-state index contributed by atoms with van der Waals surface area (Å²) in [6.07, 6.45) is 0. The maximum atomic E-state index is 13.5. The van der Waals surface area contributed by atoms with Gasteiger partial charge in [0.15, 0.2) is 0 Å². The van der Waals surface area contributed by atoms with E-state index in [2.05, 4.69) is 20.9 Å². The quantitative estimate of drug-likeness (QED) is 0.320. The Morgan fingerprint density at radius 1 is 1.06 bits per heavy atom. The Labute approximate surface area is 191 Å². The van der Waals surface area contributed by atoms with Crippen molar-refractivity contribution >= 4 is 62.2 Å². The second-order valence-electron chi connectivity index (χ2n) is 7.09. The molecule has 2 aliphatic rings. The predicted octanol–water partition coefficient (Wildman–Crippen LogP) is 3.90. The number of aromatic amines is 1. The van der Waals surface area contributed by atoms with E-state index in [-0.39, 0.29) is 22.4 Å². The zero-order valence-electron chi connectivity index (χ0n) is 15.5. The third-order valence-electron chi connectivity index (χ3n) is 5.35. The van der Waals surface area contributed by atoms with Gasteiger partial charge in [0.1, 0.15) is 5.25 Å². The van der Waals surface area contributed by atoms with Crippen LogP contribution in [0.25, 0.3) is 0 Å². The van der Waals surface area contributed by atoms with E-state index >= 15 is 0 Å². The maximum Gasteiger partial charge on any atom is 0.305 e. The standard InChI is InChI=1S/C20H12BrN3O5S2/c21-10-4-6-11(7-5-10)23-18(25)14-13(9-2-1-3-12(8-9)24(28)29)15-17(22-20(27)31-15)30-16(14)19(23)26/h1-8,13-14,16H,(H,22,27)/t13-,14-,16+/m1/s1. The van der Waals surface area contributed by atoms with Crippen molar-refractivity contribution in [3.63, 3.8) is 0 Å². The third kappa shape index (κ3) is 3.24. The molecule has 3 aromatic rings. The van der Waals surface area contributed by atoms with E-state index in [4.69, 9.17) is 0 Å². The number of aromatic nitrogens is 1. The van der Waals surface area contributed by atoms with E-state index in [0.717, 1.165) is 15.8 Å². The van der Waals surface area contributed by atoms with Gasteiger partial charge >= 0.3 is 4.87 Å². The van der Waals surface area contributed by atoms with Crippen LogP contribution in [-0.2, 0) is 9.59 Å². The molecule has 156 valence electrons. The number of fused-ring (bicyclic) bond motifs is 2. The Morgan fingerprint density at radius 3 is 2.52 bits per heavy atom. The molecule has 11 heteroatoms. The molecular formula is C20H12BrN3O5S2. The molecular weight excluding hydrogens is 506 g/mol. The highest BCUT2D eigenvalue weighted by Gasteiger charge is 2.56. The van der Waals surface area contributed by atoms with Crippen molar-refractivity contribution in [1.82, 2.24) is 4.98 Å². The van der Waals surface area contributed by atoms with Crippen LogP contribution in [0.5, 0.6) is 0 Å². The van der Waals surface area contributed by atoms with Crippen molar-refractivity contribution in [3.05, 3.63) is 83.2 Å². The molecule has 2 aromatic carbocycles. The average molecular weight is 518 g/mol. The number of nitro groups is 1. The van der Waals surface area contributed by atoms with Crippen LogP contribution in [0.3, 0.4) is 0 Å². The number of thioether (sulfide) groups is 1. The van der Waals surface area contributed by atoms with E-state index in [9.17, 15) is 24.5 Å². The van der Waals surface area contributed by atoms with E-state index < -0.39 is 22.0 Å². The molecule has 2 aliphatic heterocycles. The number of H-pyrrole nitrogens is 1. The maximum absolute atomic E-state index is 13.5. The molecule has 31 heavy (non-hydrogen) atoms. The summed E-state index contributed by atoms with van der Waals surface area (Å²) in [5, 5.41) is 11.1. The number of nitrogens with zero attached hydrogens (tertiary/aromatic N) is 2. The smallest absolute Gasteiger partial charge is 0.305 e. The number of thiazole rings is 1. The number of anilines is 1. The molecule has 0 spiro atoms. The summed E-state index contributed by atoms with van der Waals surface area (Å²) >= 11 is 5.48. The first-order valence-electron chi connectivity index (χ1n) is 9.12. The topological polar surface area (TPSA) is 113 Å². The Morgan fingerprint density at radius 2 is 1.81 bits per heavy atom. The normalized spacial score (nSPS) is 22.4. The number of hydrogen-bond acceptors (Lipinski definition) is 7. The Bertz CT molecular complexity index is 1300. The Balaban J connectivity index is 1.66. The molecule has 0 bridgehead atoms. The number of imide groups is 1.